The molecule has 1 aliphatic heterocycles. The van der Waals surface area contributed by atoms with Crippen molar-refractivity contribution in [1.29, 1.82) is 0 Å². The van der Waals surface area contributed by atoms with Crippen molar-refractivity contribution in [3.63, 3.8) is 0 Å². The van der Waals surface area contributed by atoms with Crippen LogP contribution in [0.5, 0.6) is 0 Å². The lowest BCUT2D eigenvalue weighted by atomic mass is 10.0. The maximum absolute atomic E-state index is 14.0. The number of hydrogen-bond donors (Lipinski definition) is 17. The highest BCUT2D eigenvalue weighted by Crippen LogP contribution is 2.14. The van der Waals surface area contributed by atoms with Gasteiger partial charge in [0.1, 0.15) is 42.7 Å². The number of nitrogens with zero attached hydrogens (tertiary/aromatic N) is 3. The van der Waals surface area contributed by atoms with Crippen LogP contribution in [0.15, 0.2) is 17.6 Å². The first-order valence-electron chi connectivity index (χ1n) is 30.3. The predicted molar refractivity (Wildman–Crippen MR) is 320 cm³/mol. The van der Waals surface area contributed by atoms with Crippen LogP contribution in [-0.4, -0.2) is 217 Å². The third-order valence-corrected chi connectivity index (χ3v) is 13.6. The predicted octanol–water partition coefficient (Wildman–Crippen LogP) is -3.80. The quantitative estimate of drug-likeness (QED) is 0.0278. The second-order valence-corrected chi connectivity index (χ2v) is 21.1. The van der Waals surface area contributed by atoms with Gasteiger partial charge in [-0.25, -0.2) is 10.5 Å². The summed E-state index contributed by atoms with van der Waals surface area (Å²) in [6.45, 7) is -2.92. The van der Waals surface area contributed by atoms with E-state index < -0.39 is 154 Å². The number of imidazole rings is 1. The molecule has 1 aliphatic rings. The van der Waals surface area contributed by atoms with Gasteiger partial charge in [-0.2, -0.15) is 0 Å². The van der Waals surface area contributed by atoms with Gasteiger partial charge < -0.3 is 83.4 Å². The number of nitrogens with one attached hydrogen (secondary N) is 13. The van der Waals surface area contributed by atoms with E-state index in [4.69, 9.17) is 15.2 Å². The van der Waals surface area contributed by atoms with Crippen molar-refractivity contribution in [2.45, 2.75) is 172 Å². The molecule has 5 unspecified atom stereocenters. The fraction of sp³-hybridized carbons (Fsp3) is 0.709. The van der Waals surface area contributed by atoms with Crippen molar-refractivity contribution in [1.82, 2.24) is 79.2 Å². The van der Waals surface area contributed by atoms with Crippen LogP contribution in [0.2, 0.25) is 0 Å². The lowest BCUT2D eigenvalue weighted by Gasteiger charge is -2.26. The zero-order chi connectivity index (χ0) is 65.6. The summed E-state index contributed by atoms with van der Waals surface area (Å²) in [7, 11) is 1.34. The van der Waals surface area contributed by atoms with E-state index in [1.54, 1.807) is 0 Å². The summed E-state index contributed by atoms with van der Waals surface area (Å²) in [4.78, 5) is 161. The van der Waals surface area contributed by atoms with Gasteiger partial charge in [-0.15, -0.1) is 10.6 Å². The van der Waals surface area contributed by atoms with Crippen molar-refractivity contribution in [3.8, 4) is 0 Å². The van der Waals surface area contributed by atoms with E-state index in [1.807, 2.05) is 6.92 Å². The Bertz CT molecular complexity index is 2370. The summed E-state index contributed by atoms with van der Waals surface area (Å²) in [6.07, 6.45) is 19.3. The van der Waals surface area contributed by atoms with Gasteiger partial charge >= 0.3 is 11.9 Å². The molecule has 0 radical (unpaired) electrons. The average Bonchev–Trinajstić information content (AvgIpc) is 3.89. The Morgan fingerprint density at radius 2 is 1.18 bits per heavy atom. The summed E-state index contributed by atoms with van der Waals surface area (Å²) in [5.74, 6) is -10.4. The second kappa shape index (κ2) is 47.0. The van der Waals surface area contributed by atoms with Gasteiger partial charge in [0.2, 0.25) is 59.1 Å². The molecule has 0 spiro atoms. The number of aromatic amines is 1. The molecule has 1 aromatic heterocycles. The maximum Gasteiger partial charge on any atom is 0.317 e. The Kier molecular flexibility index (Phi) is 40.7. The highest BCUT2D eigenvalue weighted by molar-refractivity contribution is 5.96. The third-order valence-electron chi connectivity index (χ3n) is 13.6. The lowest BCUT2D eigenvalue weighted by Crippen LogP contribution is -2.60. The number of hydrogen-bond acceptors (Lipinski definition) is 21. The topological polar surface area (TPSA) is 499 Å². The molecule has 502 valence electrons. The molecular weight excluding hydrogens is 1170 g/mol. The van der Waals surface area contributed by atoms with Gasteiger partial charge in [0.05, 0.1) is 58.9 Å². The number of primary amides is 1. The second-order valence-electron chi connectivity index (χ2n) is 21.1. The van der Waals surface area contributed by atoms with Crippen LogP contribution in [0.3, 0.4) is 0 Å². The molecule has 0 aromatic carbocycles. The number of carboxylic acid groups (broad SMARTS) is 2. The van der Waals surface area contributed by atoms with Crippen LogP contribution in [0, 0.1) is 0 Å². The standard InChI is InChI=1S/C55H95N17O17/c1-3-4-18-38(51(83)57-2)65-54(86)41(63-47(77)31-72(32-49(79)80)33-50(81)82)29-61-52(84)40(27-37-28-58-36-62-37)67-53(85)39(21-22-43(56)74)66-55(87)42(34-73)64-46(76)30-60-48(78)35-89-26-25-88-24-23-59-45(75)20-17-15-13-11-9-7-5-6-8-10-12-14-16-19-44-68-70-71-69-44/h28,36,38-42,70-71,73H,3-27,29-35H2,1-2H3,(H2,56,74)(H,57,83)(H,58,62)(H,59,75)(H,60,78)(H,61,84)(H,63,77)(H,64,76)(H,65,86)(H,66,87)(H,67,85)(H,68,69)(H,79,80)(H,81,82). The Labute approximate surface area is 517 Å². The molecule has 0 bridgehead atoms. The number of rotatable bonds is 53. The van der Waals surface area contributed by atoms with E-state index in [0.717, 1.165) is 42.8 Å². The minimum absolute atomic E-state index is 0.0160. The molecule has 0 fully saturated rings. The van der Waals surface area contributed by atoms with Crippen LogP contribution in [0.25, 0.3) is 0 Å². The van der Waals surface area contributed by atoms with Crippen LogP contribution in [0.4, 0.5) is 0 Å². The highest BCUT2D eigenvalue weighted by atomic mass is 16.5. The average molecular weight is 1270 g/mol. The number of nitrogens with two attached hydrogens (primary N) is 1. The normalized spacial score (nSPS) is 13.4. The van der Waals surface area contributed by atoms with Gasteiger partial charge in [-0.1, -0.05) is 90.4 Å². The molecule has 5 atom stereocenters. The van der Waals surface area contributed by atoms with E-state index in [9.17, 15) is 72.9 Å². The molecule has 34 heteroatoms. The summed E-state index contributed by atoms with van der Waals surface area (Å²) in [5, 5.41) is 54.5. The van der Waals surface area contributed by atoms with Gasteiger partial charge in [0.25, 0.3) is 0 Å². The number of aliphatic hydroxyl groups excluding tert-OH is 1. The molecule has 0 saturated carbocycles. The third kappa shape index (κ3) is 37.4. The maximum atomic E-state index is 14.0. The SMILES string of the molecule is CCCCC(NC(=O)C(CNC(=O)C(Cc1cnc[nH]1)NC(=O)C(CCC(N)=O)NC(=O)C(CO)NC(=O)CNC(=O)COCCOCCNC(=O)CCCCCCCCCCCCCCCC1=NNNN1)NC(=O)CN(CC(=O)O)CC(=O)O)C(=O)NC. The smallest absolute Gasteiger partial charge is 0.317 e. The number of unbranched alkanes of at least 4 members (excludes halogenated alkanes) is 13. The number of carboxylic acids is 2. The molecule has 18 N–H and O–H groups in total. The first kappa shape index (κ1) is 77.0. The van der Waals surface area contributed by atoms with Crippen molar-refractivity contribution in [2.75, 3.05) is 79.4 Å². The van der Waals surface area contributed by atoms with Gasteiger partial charge in [-0.3, -0.25) is 67.9 Å². The molecule has 89 heavy (non-hydrogen) atoms. The van der Waals surface area contributed by atoms with Crippen LogP contribution >= 0.6 is 0 Å². The molecule has 2 heterocycles. The van der Waals surface area contributed by atoms with E-state index in [1.165, 1.54) is 77.4 Å². The molecule has 1 aromatic rings. The van der Waals surface area contributed by atoms with Crippen LogP contribution in [0.1, 0.15) is 141 Å². The summed E-state index contributed by atoms with van der Waals surface area (Å²) < 4.78 is 10.7. The first-order valence-corrected chi connectivity index (χ1v) is 30.3. The number of likely N-dealkylation sites (N-methyl/N-ethyl adjacent to an activating group) is 1. The number of hydrazone groups is 1. The number of carbonyl (C=O) groups excluding carboxylic acids is 10. The Hall–Kier alpha value is -8.08. The monoisotopic (exact) mass is 1270 g/mol. The van der Waals surface area contributed by atoms with E-state index in [0.29, 0.717) is 25.8 Å². The number of hydrazine groups is 2. The highest BCUT2D eigenvalue weighted by Gasteiger charge is 2.33. The number of aliphatic hydroxyl groups is 1. The van der Waals surface area contributed by atoms with Gasteiger partial charge in [0, 0.05) is 57.7 Å². The van der Waals surface area contributed by atoms with Crippen molar-refractivity contribution < 1.29 is 82.3 Å². The minimum Gasteiger partial charge on any atom is -0.480 e. The van der Waals surface area contributed by atoms with E-state index in [-0.39, 0.29) is 44.3 Å². The number of carbonyl (C=O) groups is 12. The zero-order valence-electron chi connectivity index (χ0n) is 51.1. The minimum atomic E-state index is -1.71. The summed E-state index contributed by atoms with van der Waals surface area (Å²) in [6, 6.07) is -7.71. The molecule has 34 nitrogen and oxygen atoms in total. The van der Waals surface area contributed by atoms with E-state index in [2.05, 4.69) is 79.4 Å². The molecular formula is C55H95N17O17. The van der Waals surface area contributed by atoms with Gasteiger partial charge in [0.15, 0.2) is 0 Å². The van der Waals surface area contributed by atoms with Crippen molar-refractivity contribution in [2.24, 2.45) is 10.8 Å². The molecule has 2 rings (SSSR count). The number of aliphatic carboxylic acids is 2. The Morgan fingerprint density at radius 3 is 1.75 bits per heavy atom. The molecule has 10 amide bonds. The molecule has 0 aliphatic carbocycles. The fourth-order valence-electron chi connectivity index (χ4n) is 8.85. The number of ether oxygens (including phenoxy) is 2. The number of H-pyrrole nitrogens is 1. The first-order chi connectivity index (χ1) is 42.7. The number of aromatic nitrogens is 2. The largest absolute Gasteiger partial charge is 0.480 e. The zero-order valence-corrected chi connectivity index (χ0v) is 51.1. The summed E-state index contributed by atoms with van der Waals surface area (Å²) >= 11 is 0. The Morgan fingerprint density at radius 1 is 0.596 bits per heavy atom. The van der Waals surface area contributed by atoms with Crippen LogP contribution < -0.4 is 70.1 Å². The Balaban J connectivity index is 1.84. The fourth-order valence-corrected chi connectivity index (χ4v) is 8.85. The number of amides is 10. The van der Waals surface area contributed by atoms with Crippen molar-refractivity contribution in [3.05, 3.63) is 18.2 Å². The molecule has 0 saturated heterocycles. The van der Waals surface area contributed by atoms with Crippen LogP contribution in [-0.2, 0) is 73.4 Å². The van der Waals surface area contributed by atoms with E-state index >= 15 is 0 Å². The van der Waals surface area contributed by atoms with Gasteiger partial charge in [-0.05, 0) is 25.7 Å². The number of amidine groups is 1. The lowest BCUT2D eigenvalue weighted by molar-refractivity contribution is -0.143. The van der Waals surface area contributed by atoms with Crippen molar-refractivity contribution >= 4 is 76.8 Å². The summed E-state index contributed by atoms with van der Waals surface area (Å²) in [5.41, 5.74) is 14.0.